The summed E-state index contributed by atoms with van der Waals surface area (Å²) in [5, 5.41) is 0. The molecular weight excluding hydrogens is 414 g/mol. The topological polar surface area (TPSA) is 78.1 Å². The summed E-state index contributed by atoms with van der Waals surface area (Å²) in [5.74, 6) is 1.33. The van der Waals surface area contributed by atoms with Crippen molar-refractivity contribution < 1.29 is 0 Å². The molecule has 0 unspecified atom stereocenters. The second-order valence-electron chi connectivity index (χ2n) is 9.87. The minimum atomic E-state index is 0.592. The summed E-state index contributed by atoms with van der Waals surface area (Å²) in [4.78, 5) is 0. The zero-order chi connectivity index (χ0) is 25.3. The molecule has 6 N–H and O–H groups in total. The number of aryl methyl sites for hydroxylation is 4. The minimum Gasteiger partial charge on any atom is -0.399 e. The zero-order valence-electron chi connectivity index (χ0n) is 22.1. The Labute approximate surface area is 207 Å². The molecule has 0 bridgehead atoms. The van der Waals surface area contributed by atoms with Crippen LogP contribution in [0.4, 0.5) is 17.1 Å². The fourth-order valence-electron chi connectivity index (χ4n) is 4.38. The van der Waals surface area contributed by atoms with Gasteiger partial charge in [0.1, 0.15) is 0 Å². The van der Waals surface area contributed by atoms with E-state index < -0.39 is 0 Å². The van der Waals surface area contributed by atoms with E-state index in [4.69, 9.17) is 17.2 Å². The lowest BCUT2D eigenvalue weighted by Gasteiger charge is -2.11. The number of nitrogen functional groups attached to an aromatic ring is 3. The van der Waals surface area contributed by atoms with E-state index >= 15 is 0 Å². The first kappa shape index (κ1) is 27.3. The Kier molecular flexibility index (Phi) is 10.5. The van der Waals surface area contributed by atoms with Gasteiger partial charge in [0.2, 0.25) is 0 Å². The average molecular weight is 460 g/mol. The Balaban J connectivity index is 0.000000181. The van der Waals surface area contributed by atoms with Gasteiger partial charge in [-0.15, -0.1) is 0 Å². The highest BCUT2D eigenvalue weighted by molar-refractivity contribution is 5.52. The van der Waals surface area contributed by atoms with Crippen molar-refractivity contribution in [3.63, 3.8) is 0 Å². The Morgan fingerprint density at radius 1 is 0.735 bits per heavy atom. The van der Waals surface area contributed by atoms with Gasteiger partial charge in [0, 0.05) is 17.1 Å². The molecule has 3 aromatic rings. The monoisotopic (exact) mass is 459 g/mol. The second-order valence-corrected chi connectivity index (χ2v) is 9.87. The van der Waals surface area contributed by atoms with E-state index in [-0.39, 0.29) is 0 Å². The van der Waals surface area contributed by atoms with Crippen LogP contribution in [0.2, 0.25) is 0 Å². The molecule has 4 rings (SSSR count). The Hall–Kier alpha value is -2.94. The van der Waals surface area contributed by atoms with E-state index in [1.165, 1.54) is 59.1 Å². The van der Waals surface area contributed by atoms with E-state index in [1.54, 1.807) is 0 Å². The third kappa shape index (κ3) is 7.83. The number of hydrogen-bond acceptors (Lipinski definition) is 3. The number of para-hydroxylation sites is 1. The summed E-state index contributed by atoms with van der Waals surface area (Å²) < 4.78 is 0. The average Bonchev–Trinajstić information content (AvgIpc) is 3.34. The van der Waals surface area contributed by atoms with Crippen molar-refractivity contribution in [1.29, 1.82) is 0 Å². The van der Waals surface area contributed by atoms with Gasteiger partial charge in [-0.25, -0.2) is 0 Å². The van der Waals surface area contributed by atoms with Crippen LogP contribution in [0, 0.1) is 20.8 Å². The maximum absolute atomic E-state index is 5.90. The molecule has 34 heavy (non-hydrogen) atoms. The summed E-state index contributed by atoms with van der Waals surface area (Å²) in [7, 11) is 0. The first-order valence-corrected chi connectivity index (χ1v) is 12.7. The van der Waals surface area contributed by atoms with Gasteiger partial charge in [0.15, 0.2) is 0 Å². The smallest absolute Gasteiger partial charge is 0.0349 e. The quantitative estimate of drug-likeness (QED) is 0.346. The summed E-state index contributed by atoms with van der Waals surface area (Å²) in [6.45, 7) is 12.7. The number of anilines is 3. The Bertz CT molecular complexity index is 1050. The molecule has 0 spiro atoms. The van der Waals surface area contributed by atoms with Crippen molar-refractivity contribution in [1.82, 2.24) is 0 Å². The predicted molar refractivity (Wildman–Crippen MR) is 151 cm³/mol. The second kappa shape index (κ2) is 13.1. The molecule has 0 amide bonds. The molecule has 3 aromatic carbocycles. The lowest BCUT2D eigenvalue weighted by Crippen LogP contribution is -1.97. The highest BCUT2D eigenvalue weighted by Gasteiger charge is 2.18. The standard InChI is InChI=1S/C11H15N.2C10H15N/c12-11-8-4-3-7-10(11)9-5-1-2-6-9;1-7(2)9-4-5-10(11)8(3)6-9;1-4-9-5-7(2)8(3)6-10(9)11/h3-4,7-9H,1-2,5-6,12H2;4-7H,11H2,1-3H3;5-6H,4,11H2,1-3H3. The SMILES string of the molecule is CCc1cc(C)c(C)cc1N.Cc1cc(C(C)C)ccc1N.Nc1ccccc1C1CCCC1. The van der Waals surface area contributed by atoms with Crippen molar-refractivity contribution in [3.8, 4) is 0 Å². The van der Waals surface area contributed by atoms with Crippen LogP contribution in [0.3, 0.4) is 0 Å². The molecule has 0 saturated heterocycles. The van der Waals surface area contributed by atoms with Crippen LogP contribution < -0.4 is 17.2 Å². The molecule has 0 aliphatic heterocycles. The molecule has 0 radical (unpaired) electrons. The van der Waals surface area contributed by atoms with Crippen LogP contribution in [0.15, 0.2) is 54.6 Å². The maximum Gasteiger partial charge on any atom is 0.0349 e. The van der Waals surface area contributed by atoms with Gasteiger partial charge in [-0.2, -0.15) is 0 Å². The number of rotatable bonds is 3. The van der Waals surface area contributed by atoms with E-state index in [1.807, 2.05) is 31.2 Å². The van der Waals surface area contributed by atoms with Gasteiger partial charge < -0.3 is 17.2 Å². The molecule has 1 fully saturated rings. The molecule has 0 aromatic heterocycles. The zero-order valence-corrected chi connectivity index (χ0v) is 22.1. The van der Waals surface area contributed by atoms with Crippen LogP contribution in [-0.4, -0.2) is 0 Å². The number of hydrogen-bond donors (Lipinski definition) is 3. The molecule has 3 heteroatoms. The van der Waals surface area contributed by atoms with Crippen molar-refractivity contribution in [2.24, 2.45) is 0 Å². The number of benzene rings is 3. The van der Waals surface area contributed by atoms with Crippen molar-refractivity contribution >= 4 is 17.1 Å². The first-order chi connectivity index (χ1) is 16.1. The van der Waals surface area contributed by atoms with Gasteiger partial charge in [-0.1, -0.05) is 70.0 Å². The largest absolute Gasteiger partial charge is 0.399 e. The maximum atomic E-state index is 5.90. The van der Waals surface area contributed by atoms with Gasteiger partial charge >= 0.3 is 0 Å². The van der Waals surface area contributed by atoms with E-state index in [2.05, 4.69) is 65.0 Å². The third-order valence-electron chi connectivity index (χ3n) is 6.89. The fourth-order valence-corrected chi connectivity index (χ4v) is 4.38. The van der Waals surface area contributed by atoms with Crippen LogP contribution in [0.5, 0.6) is 0 Å². The van der Waals surface area contributed by atoms with Crippen molar-refractivity contribution in [2.75, 3.05) is 17.2 Å². The van der Waals surface area contributed by atoms with Crippen LogP contribution >= 0.6 is 0 Å². The normalized spacial score (nSPS) is 13.1. The summed E-state index contributed by atoms with van der Waals surface area (Å²) >= 11 is 0. The fraction of sp³-hybridized carbons (Fsp3) is 0.419. The van der Waals surface area contributed by atoms with Crippen molar-refractivity contribution in [2.45, 2.75) is 85.5 Å². The third-order valence-corrected chi connectivity index (χ3v) is 6.89. The van der Waals surface area contributed by atoms with Gasteiger partial charge in [0.25, 0.3) is 0 Å². The molecule has 184 valence electrons. The predicted octanol–water partition coefficient (Wildman–Crippen LogP) is 8.08. The summed E-state index contributed by atoms with van der Waals surface area (Å²) in [6.07, 6.45) is 6.42. The van der Waals surface area contributed by atoms with E-state index in [0.717, 1.165) is 29.4 Å². The number of nitrogens with two attached hydrogens (primary N) is 3. The summed E-state index contributed by atoms with van der Waals surface area (Å²) in [6, 6.07) is 18.7. The van der Waals surface area contributed by atoms with E-state index in [9.17, 15) is 0 Å². The lowest BCUT2D eigenvalue weighted by atomic mass is 9.96. The first-order valence-electron chi connectivity index (χ1n) is 12.7. The molecule has 0 heterocycles. The highest BCUT2D eigenvalue weighted by atomic mass is 14.6. The van der Waals surface area contributed by atoms with Gasteiger partial charge in [-0.05, 0) is 103 Å². The van der Waals surface area contributed by atoms with Gasteiger partial charge in [0.05, 0.1) is 0 Å². The molecular formula is C31H45N3. The molecule has 3 nitrogen and oxygen atoms in total. The van der Waals surface area contributed by atoms with E-state index in [0.29, 0.717) is 5.92 Å². The highest BCUT2D eigenvalue weighted by Crippen LogP contribution is 2.36. The Morgan fingerprint density at radius 2 is 1.35 bits per heavy atom. The van der Waals surface area contributed by atoms with Crippen LogP contribution in [0.1, 0.15) is 91.7 Å². The van der Waals surface area contributed by atoms with Crippen LogP contribution in [0.25, 0.3) is 0 Å². The van der Waals surface area contributed by atoms with Crippen molar-refractivity contribution in [3.05, 3.63) is 88.0 Å². The lowest BCUT2D eigenvalue weighted by molar-refractivity contribution is 0.726. The molecule has 0 atom stereocenters. The minimum absolute atomic E-state index is 0.592. The molecule has 1 saturated carbocycles. The van der Waals surface area contributed by atoms with Crippen LogP contribution in [-0.2, 0) is 6.42 Å². The summed E-state index contributed by atoms with van der Waals surface area (Å²) in [5.41, 5.74) is 27.9. The molecule has 1 aliphatic carbocycles. The van der Waals surface area contributed by atoms with Gasteiger partial charge in [-0.3, -0.25) is 0 Å². The molecule has 1 aliphatic rings. The Morgan fingerprint density at radius 3 is 1.91 bits per heavy atom.